The smallest absolute Gasteiger partial charge is 0.315 e. The molecule has 4 N–H and O–H groups in total. The molecule has 0 aliphatic heterocycles. The molecule has 0 spiro atoms. The molecule has 0 radical (unpaired) electrons. The van der Waals surface area contributed by atoms with Crippen molar-refractivity contribution < 1.29 is 4.79 Å². The SMILES string of the molecule is CCCCCNC(=O)NC1(c2ccc(N)cc2)CC1. The number of nitrogens with one attached hydrogen (secondary N) is 2. The van der Waals surface area contributed by atoms with Gasteiger partial charge in [0.1, 0.15) is 0 Å². The van der Waals surface area contributed by atoms with Crippen molar-refractivity contribution >= 4 is 11.7 Å². The van der Waals surface area contributed by atoms with Gasteiger partial charge in [0.05, 0.1) is 5.54 Å². The van der Waals surface area contributed by atoms with E-state index in [2.05, 4.69) is 17.6 Å². The number of amides is 2. The molecule has 1 aliphatic carbocycles. The van der Waals surface area contributed by atoms with E-state index < -0.39 is 0 Å². The first kappa shape index (κ1) is 13.7. The van der Waals surface area contributed by atoms with Gasteiger partial charge < -0.3 is 16.4 Å². The molecule has 1 aromatic rings. The lowest BCUT2D eigenvalue weighted by Crippen LogP contribution is -2.42. The molecule has 2 rings (SSSR count). The second kappa shape index (κ2) is 5.95. The van der Waals surface area contributed by atoms with Gasteiger partial charge in [0.15, 0.2) is 0 Å². The zero-order valence-corrected chi connectivity index (χ0v) is 11.5. The van der Waals surface area contributed by atoms with E-state index in [1.165, 1.54) is 6.42 Å². The monoisotopic (exact) mass is 261 g/mol. The molecule has 104 valence electrons. The summed E-state index contributed by atoms with van der Waals surface area (Å²) in [6.45, 7) is 2.90. The number of nitrogens with two attached hydrogens (primary N) is 1. The van der Waals surface area contributed by atoms with Crippen LogP contribution in [0.2, 0.25) is 0 Å². The van der Waals surface area contributed by atoms with Gasteiger partial charge in [0.25, 0.3) is 0 Å². The largest absolute Gasteiger partial charge is 0.399 e. The van der Waals surface area contributed by atoms with Gasteiger partial charge in [-0.25, -0.2) is 4.79 Å². The number of nitrogen functional groups attached to an aromatic ring is 1. The predicted octanol–water partition coefficient (Wildman–Crippen LogP) is 2.75. The summed E-state index contributed by atoms with van der Waals surface area (Å²) in [5, 5.41) is 6.01. The van der Waals surface area contributed by atoms with Gasteiger partial charge in [-0.3, -0.25) is 0 Å². The molecule has 0 aromatic heterocycles. The van der Waals surface area contributed by atoms with E-state index in [0.717, 1.165) is 43.5 Å². The van der Waals surface area contributed by atoms with Crippen LogP contribution in [0.25, 0.3) is 0 Å². The summed E-state index contributed by atoms with van der Waals surface area (Å²) in [7, 11) is 0. The van der Waals surface area contributed by atoms with Gasteiger partial charge >= 0.3 is 6.03 Å². The average molecular weight is 261 g/mol. The quantitative estimate of drug-likeness (QED) is 0.544. The second-order valence-corrected chi connectivity index (χ2v) is 5.29. The maximum Gasteiger partial charge on any atom is 0.315 e. The molecule has 4 heteroatoms. The van der Waals surface area contributed by atoms with E-state index in [4.69, 9.17) is 5.73 Å². The summed E-state index contributed by atoms with van der Waals surface area (Å²) in [5.74, 6) is 0. The predicted molar refractivity (Wildman–Crippen MR) is 77.8 cm³/mol. The van der Waals surface area contributed by atoms with Crippen molar-refractivity contribution in [2.75, 3.05) is 12.3 Å². The molecule has 1 aliphatic rings. The number of benzene rings is 1. The molecule has 0 atom stereocenters. The topological polar surface area (TPSA) is 67.2 Å². The van der Waals surface area contributed by atoms with Crippen LogP contribution >= 0.6 is 0 Å². The molecule has 2 amide bonds. The van der Waals surface area contributed by atoms with E-state index in [9.17, 15) is 4.79 Å². The Bertz CT molecular complexity index is 424. The van der Waals surface area contributed by atoms with Gasteiger partial charge in [-0.1, -0.05) is 31.9 Å². The Balaban J connectivity index is 1.84. The number of unbranched alkanes of at least 4 members (excludes halogenated alkanes) is 2. The lowest BCUT2D eigenvalue weighted by molar-refractivity contribution is 0.235. The first-order valence-corrected chi connectivity index (χ1v) is 7.08. The lowest BCUT2D eigenvalue weighted by atomic mass is 10.0. The van der Waals surface area contributed by atoms with E-state index in [0.29, 0.717) is 0 Å². The van der Waals surface area contributed by atoms with Crippen LogP contribution in [0.3, 0.4) is 0 Å². The zero-order valence-electron chi connectivity index (χ0n) is 11.5. The third kappa shape index (κ3) is 3.63. The molecule has 4 nitrogen and oxygen atoms in total. The highest BCUT2D eigenvalue weighted by Gasteiger charge is 2.45. The highest BCUT2D eigenvalue weighted by atomic mass is 16.2. The van der Waals surface area contributed by atoms with Crippen molar-refractivity contribution in [3.05, 3.63) is 29.8 Å². The van der Waals surface area contributed by atoms with Gasteiger partial charge in [-0.2, -0.15) is 0 Å². The summed E-state index contributed by atoms with van der Waals surface area (Å²) < 4.78 is 0. The van der Waals surface area contributed by atoms with E-state index in [-0.39, 0.29) is 11.6 Å². The minimum Gasteiger partial charge on any atom is -0.399 e. The summed E-state index contributed by atoms with van der Waals surface area (Å²) in [5.41, 5.74) is 7.42. The summed E-state index contributed by atoms with van der Waals surface area (Å²) >= 11 is 0. The Morgan fingerprint density at radius 1 is 1.26 bits per heavy atom. The van der Waals surface area contributed by atoms with E-state index in [1.54, 1.807) is 0 Å². The Morgan fingerprint density at radius 2 is 1.95 bits per heavy atom. The third-order valence-corrected chi connectivity index (χ3v) is 3.63. The van der Waals surface area contributed by atoms with E-state index >= 15 is 0 Å². The molecule has 0 bridgehead atoms. The lowest BCUT2D eigenvalue weighted by Gasteiger charge is -2.18. The van der Waals surface area contributed by atoms with Crippen molar-refractivity contribution in [3.63, 3.8) is 0 Å². The fraction of sp³-hybridized carbons (Fsp3) is 0.533. The van der Waals surface area contributed by atoms with Crippen molar-refractivity contribution in [2.45, 2.75) is 44.6 Å². The number of rotatable bonds is 6. The first-order valence-electron chi connectivity index (χ1n) is 7.08. The molecular weight excluding hydrogens is 238 g/mol. The van der Waals surface area contributed by atoms with Crippen LogP contribution < -0.4 is 16.4 Å². The molecule has 1 saturated carbocycles. The van der Waals surface area contributed by atoms with Crippen LogP contribution in [0.15, 0.2) is 24.3 Å². The average Bonchev–Trinajstić information content (AvgIpc) is 3.16. The second-order valence-electron chi connectivity index (χ2n) is 5.29. The fourth-order valence-corrected chi connectivity index (χ4v) is 2.25. The van der Waals surface area contributed by atoms with Crippen LogP contribution in [0, 0.1) is 0 Å². The number of anilines is 1. The Morgan fingerprint density at radius 3 is 2.53 bits per heavy atom. The molecule has 1 fully saturated rings. The number of urea groups is 1. The molecular formula is C15H23N3O. The zero-order chi connectivity index (χ0) is 13.7. The first-order chi connectivity index (χ1) is 9.16. The molecule has 0 saturated heterocycles. The van der Waals surface area contributed by atoms with Crippen molar-refractivity contribution in [1.82, 2.24) is 10.6 Å². The third-order valence-electron chi connectivity index (χ3n) is 3.63. The van der Waals surface area contributed by atoms with Gasteiger partial charge in [0.2, 0.25) is 0 Å². The van der Waals surface area contributed by atoms with Crippen molar-refractivity contribution in [2.24, 2.45) is 0 Å². The van der Waals surface area contributed by atoms with Gasteiger partial charge in [0, 0.05) is 12.2 Å². The van der Waals surface area contributed by atoms with Crippen LogP contribution in [-0.4, -0.2) is 12.6 Å². The maximum atomic E-state index is 11.9. The minimum absolute atomic E-state index is 0.0644. The minimum atomic E-state index is -0.164. The standard InChI is InChI=1S/C15H23N3O/c1-2-3-4-11-17-14(19)18-15(9-10-15)12-5-7-13(16)8-6-12/h5-8H,2-4,9-11,16H2,1H3,(H2,17,18,19). The van der Waals surface area contributed by atoms with Gasteiger partial charge in [-0.15, -0.1) is 0 Å². The molecule has 19 heavy (non-hydrogen) atoms. The normalized spacial score (nSPS) is 15.8. The van der Waals surface area contributed by atoms with Crippen LogP contribution in [0.4, 0.5) is 10.5 Å². The van der Waals surface area contributed by atoms with Crippen LogP contribution in [0.5, 0.6) is 0 Å². The van der Waals surface area contributed by atoms with Crippen molar-refractivity contribution in [1.29, 1.82) is 0 Å². The number of carbonyl (C=O) groups is 1. The van der Waals surface area contributed by atoms with Gasteiger partial charge in [-0.05, 0) is 37.0 Å². The summed E-state index contributed by atoms with van der Waals surface area (Å²) in [4.78, 5) is 11.9. The van der Waals surface area contributed by atoms with Crippen LogP contribution in [-0.2, 0) is 5.54 Å². The number of carbonyl (C=O) groups excluding carboxylic acids is 1. The van der Waals surface area contributed by atoms with E-state index in [1.807, 2.05) is 24.3 Å². The maximum absolute atomic E-state index is 11.9. The van der Waals surface area contributed by atoms with Crippen LogP contribution in [0.1, 0.15) is 44.6 Å². The molecule has 1 aromatic carbocycles. The van der Waals surface area contributed by atoms with Crippen molar-refractivity contribution in [3.8, 4) is 0 Å². The number of hydrogen-bond donors (Lipinski definition) is 3. The molecule has 0 unspecified atom stereocenters. The highest BCUT2D eigenvalue weighted by Crippen LogP contribution is 2.45. The highest BCUT2D eigenvalue weighted by molar-refractivity contribution is 5.75. The molecule has 0 heterocycles. The fourth-order valence-electron chi connectivity index (χ4n) is 2.25. The summed E-state index contributed by atoms with van der Waals surface area (Å²) in [6.07, 6.45) is 5.36. The Kier molecular flexibility index (Phi) is 4.30. The Hall–Kier alpha value is -1.71. The summed E-state index contributed by atoms with van der Waals surface area (Å²) in [6, 6.07) is 7.71. The Labute approximate surface area is 114 Å². The number of hydrogen-bond acceptors (Lipinski definition) is 2.